The van der Waals surface area contributed by atoms with Gasteiger partial charge in [-0.3, -0.25) is 4.79 Å². The quantitative estimate of drug-likeness (QED) is 0.0717. The molecule has 2 fully saturated rings. The van der Waals surface area contributed by atoms with Crippen molar-refractivity contribution >= 4 is 47.8 Å². The predicted molar refractivity (Wildman–Crippen MR) is 251 cm³/mol. The molecule has 2 unspecified atom stereocenters. The number of hydrogen-bond acceptors (Lipinski definition) is 7. The molecule has 6 aromatic rings. The van der Waals surface area contributed by atoms with Gasteiger partial charge in [0.05, 0.1) is 37.7 Å². The highest BCUT2D eigenvalue weighted by atomic mass is 32.2. The number of benzene rings is 6. The Morgan fingerprint density at radius 3 is 1.07 bits per heavy atom. The van der Waals surface area contributed by atoms with Crippen LogP contribution in [0.25, 0.3) is 0 Å². The lowest BCUT2D eigenvalue weighted by Gasteiger charge is -2.37. The second-order valence-corrected chi connectivity index (χ2v) is 23.9. The highest BCUT2D eigenvalue weighted by Gasteiger charge is 2.83. The van der Waals surface area contributed by atoms with Crippen molar-refractivity contribution in [2.75, 3.05) is 5.75 Å². The lowest BCUT2D eigenvalue weighted by Crippen LogP contribution is -2.63. The topological polar surface area (TPSA) is 131 Å². The van der Waals surface area contributed by atoms with E-state index in [1.165, 1.54) is 34.9 Å². The summed E-state index contributed by atoms with van der Waals surface area (Å²) in [5.74, 6) is -15.1. The molecule has 2 bridgehead atoms. The van der Waals surface area contributed by atoms with Gasteiger partial charge in [0.15, 0.2) is 39.5 Å². The summed E-state index contributed by atoms with van der Waals surface area (Å²) in [6, 6.07) is 62.5. The lowest BCUT2D eigenvalue weighted by atomic mass is 9.70. The molecule has 380 valence electrons. The molecule has 0 aromatic heterocycles. The molecule has 7 nitrogen and oxygen atoms in total. The third kappa shape index (κ3) is 12.7. The van der Waals surface area contributed by atoms with Gasteiger partial charge in [0.1, 0.15) is 5.78 Å². The summed E-state index contributed by atoms with van der Waals surface area (Å²) in [4.78, 5) is 20.0. The molecule has 0 spiro atoms. The third-order valence-corrected chi connectivity index (χ3v) is 18.3. The molecule has 71 heavy (non-hydrogen) atoms. The fourth-order valence-electron chi connectivity index (χ4n) is 8.20. The number of ketones is 1. The van der Waals surface area contributed by atoms with E-state index in [0.717, 1.165) is 6.42 Å². The molecule has 2 saturated carbocycles. The van der Waals surface area contributed by atoms with Crippen LogP contribution in [0.2, 0.25) is 0 Å². The molecule has 2 aliphatic carbocycles. The largest absolute Gasteiger partial charge is 0.748 e. The number of fused-ring (bicyclic) bond motifs is 2. The van der Waals surface area contributed by atoms with Crippen molar-refractivity contribution in [1.82, 2.24) is 0 Å². The normalized spacial score (nSPS) is 17.9. The van der Waals surface area contributed by atoms with Gasteiger partial charge in [-0.05, 0) is 104 Å². The highest BCUT2D eigenvalue weighted by molar-refractivity contribution is 7.97. The van der Waals surface area contributed by atoms with Gasteiger partial charge in [-0.15, -0.1) is 0 Å². The molecule has 0 heterocycles. The van der Waals surface area contributed by atoms with Crippen LogP contribution in [0.4, 0.5) is 39.5 Å². The Balaban J connectivity index is 0.000000177. The van der Waals surface area contributed by atoms with E-state index in [-0.39, 0.29) is 38.9 Å². The van der Waals surface area contributed by atoms with Crippen molar-refractivity contribution in [3.05, 3.63) is 181 Å². The van der Waals surface area contributed by atoms with Gasteiger partial charge in [0.2, 0.25) is 0 Å². The standard InChI is InChI=1S/C19H17S.C18H15S.C10H16O4S.C4HF9O3S/c1-16-12-14-19(15-13-16)20(17-8-4-2-5-9-17)18-10-6-3-7-11-18;1-4-10-16(11-5-1)19(17-12-6-2-7-13-17)18-14-8-3-9-15-18;1-9(2)7-3-4-10(9,8(11)5-7)6-15(12,13)14;5-1(6,3(9,10)11)2(7,8)4(12,13)17(14,15)16/h2-15H,1H3;1-15H;7H,3-6H2,1-2H3,(H,12,13,14);(H,14,15,16)/q2*+1;;/p-2. The van der Waals surface area contributed by atoms with E-state index in [4.69, 9.17) is 0 Å². The van der Waals surface area contributed by atoms with Crippen LogP contribution in [0.15, 0.2) is 205 Å². The maximum Gasteiger partial charge on any atom is 0.460 e. The molecule has 8 rings (SSSR count). The lowest BCUT2D eigenvalue weighted by molar-refractivity contribution is -0.382. The summed E-state index contributed by atoms with van der Waals surface area (Å²) in [6.45, 7) is 5.97. The van der Waals surface area contributed by atoms with Crippen LogP contribution in [0.5, 0.6) is 0 Å². The van der Waals surface area contributed by atoms with Crippen LogP contribution in [-0.2, 0) is 46.8 Å². The van der Waals surface area contributed by atoms with Crippen molar-refractivity contribution in [2.24, 2.45) is 16.7 Å². The number of halogens is 9. The Labute approximate surface area is 412 Å². The van der Waals surface area contributed by atoms with Gasteiger partial charge in [-0.1, -0.05) is 123 Å². The van der Waals surface area contributed by atoms with E-state index in [2.05, 4.69) is 183 Å². The Morgan fingerprint density at radius 2 is 0.831 bits per heavy atom. The van der Waals surface area contributed by atoms with E-state index >= 15 is 0 Å². The average Bonchev–Trinajstić information content (AvgIpc) is 3.65. The zero-order valence-corrected chi connectivity index (χ0v) is 41.3. The third-order valence-electron chi connectivity index (χ3n) is 12.1. The Morgan fingerprint density at radius 1 is 0.521 bits per heavy atom. The molecule has 2 atom stereocenters. The fraction of sp³-hybridized carbons (Fsp3) is 0.275. The number of alkyl halides is 9. The van der Waals surface area contributed by atoms with Gasteiger partial charge in [0, 0.05) is 11.8 Å². The van der Waals surface area contributed by atoms with E-state index in [0.29, 0.717) is 12.8 Å². The number of carbonyl (C=O) groups is 1. The number of Topliss-reactive ketones (excluding diaryl/α,β-unsaturated/α-hetero) is 1. The Bertz CT molecular complexity index is 2770. The van der Waals surface area contributed by atoms with Crippen LogP contribution in [-0.4, -0.2) is 60.8 Å². The van der Waals surface area contributed by atoms with Gasteiger partial charge in [0.25, 0.3) is 0 Å². The van der Waals surface area contributed by atoms with Crippen LogP contribution in [0, 0.1) is 23.7 Å². The van der Waals surface area contributed by atoms with E-state index in [9.17, 15) is 70.2 Å². The maximum atomic E-state index is 12.2. The van der Waals surface area contributed by atoms with Gasteiger partial charge >= 0.3 is 23.3 Å². The number of rotatable bonds is 11. The zero-order chi connectivity index (χ0) is 52.7. The molecule has 20 heteroatoms. The first-order valence-corrected chi connectivity index (χ1v) is 26.8. The monoisotopic (exact) mass is 1070 g/mol. The predicted octanol–water partition coefficient (Wildman–Crippen LogP) is 12.8. The second-order valence-electron chi connectivity index (χ2n) is 17.0. The van der Waals surface area contributed by atoms with Crippen molar-refractivity contribution < 1.29 is 70.2 Å². The minimum Gasteiger partial charge on any atom is -0.748 e. The summed E-state index contributed by atoms with van der Waals surface area (Å²) in [5, 5.41) is -7.11. The smallest absolute Gasteiger partial charge is 0.460 e. The number of aryl methyl sites for hydroxylation is 1. The molecule has 0 saturated heterocycles. The zero-order valence-electron chi connectivity index (χ0n) is 38.0. The van der Waals surface area contributed by atoms with E-state index in [1.54, 1.807) is 0 Å². The molecule has 2 aliphatic rings. The van der Waals surface area contributed by atoms with Gasteiger partial charge in [-0.2, -0.15) is 39.5 Å². The number of hydrogen-bond donors (Lipinski definition) is 0. The molecular weight excluding hydrogens is 1020 g/mol. The Kier molecular flexibility index (Phi) is 17.9. The SMILES string of the molecule is CC1(C)C2CCC1(CS(=O)(=O)[O-])C(=O)C2.Cc1ccc([S+](c2ccccc2)c2ccccc2)cc1.O=S(=O)([O-])C(F)(F)C(F)(F)C(F)(F)C(F)(F)F.c1ccc([S+](c2ccccc2)c2ccccc2)cc1. The molecule has 0 radical (unpaired) electrons. The van der Waals surface area contributed by atoms with Crippen LogP contribution in [0.3, 0.4) is 0 Å². The minimum atomic E-state index is -7.43. The molecule has 0 aliphatic heterocycles. The second kappa shape index (κ2) is 22.3. The maximum absolute atomic E-state index is 12.2. The van der Waals surface area contributed by atoms with Gasteiger partial charge in [-0.25, -0.2) is 16.8 Å². The first-order chi connectivity index (χ1) is 33.0. The van der Waals surface area contributed by atoms with Crippen molar-refractivity contribution in [1.29, 1.82) is 0 Å². The summed E-state index contributed by atoms with van der Waals surface area (Å²) < 4.78 is 168. The molecular formula is C51H47F9O7S4. The van der Waals surface area contributed by atoms with Crippen molar-refractivity contribution in [3.8, 4) is 0 Å². The average molecular weight is 1070 g/mol. The van der Waals surface area contributed by atoms with Crippen LogP contribution >= 0.6 is 0 Å². The summed E-state index contributed by atoms with van der Waals surface area (Å²) in [7, 11) is -11.8. The Hall–Kier alpha value is -5.12. The summed E-state index contributed by atoms with van der Waals surface area (Å²) in [5.41, 5.74) is 0.0817. The van der Waals surface area contributed by atoms with Crippen LogP contribution < -0.4 is 0 Å². The highest BCUT2D eigenvalue weighted by Crippen LogP contribution is 2.64. The number of carbonyl (C=O) groups excluding carboxylic acids is 1. The van der Waals surface area contributed by atoms with E-state index in [1.807, 2.05) is 13.8 Å². The minimum absolute atomic E-state index is 0.0146. The van der Waals surface area contributed by atoms with Crippen molar-refractivity contribution in [2.45, 2.75) is 92.7 Å². The molecule has 0 amide bonds. The summed E-state index contributed by atoms with van der Waals surface area (Å²) in [6.07, 6.45) is -5.29. The first-order valence-electron chi connectivity index (χ1n) is 21.4. The van der Waals surface area contributed by atoms with Crippen LogP contribution in [0.1, 0.15) is 38.7 Å². The first kappa shape index (κ1) is 56.8. The van der Waals surface area contributed by atoms with E-state index < -0.39 is 54.7 Å². The molecule has 0 N–H and O–H groups in total. The van der Waals surface area contributed by atoms with Crippen molar-refractivity contribution in [3.63, 3.8) is 0 Å². The molecule has 6 aromatic carbocycles. The summed E-state index contributed by atoms with van der Waals surface area (Å²) >= 11 is 0. The fourth-order valence-corrected chi connectivity index (χ4v) is 14.1. The van der Waals surface area contributed by atoms with Gasteiger partial charge < -0.3 is 9.11 Å².